The number of aromatic nitrogens is 2. The number of aryl methyl sites for hydroxylation is 1. The Morgan fingerprint density at radius 1 is 1.48 bits per heavy atom. The summed E-state index contributed by atoms with van der Waals surface area (Å²) >= 11 is 3.51. The largest absolute Gasteiger partial charge is 0.363 e. The highest BCUT2D eigenvalue weighted by Gasteiger charge is 2.50. The van der Waals surface area contributed by atoms with Crippen LogP contribution >= 0.6 is 15.9 Å². The van der Waals surface area contributed by atoms with E-state index in [1.165, 1.54) is 0 Å². The van der Waals surface area contributed by atoms with Gasteiger partial charge in [0, 0.05) is 31.7 Å². The van der Waals surface area contributed by atoms with Crippen molar-refractivity contribution in [1.29, 1.82) is 0 Å². The summed E-state index contributed by atoms with van der Waals surface area (Å²) in [6.45, 7) is 10.4. The molecule has 2 aliphatic rings. The highest BCUT2D eigenvalue weighted by atomic mass is 79.9. The minimum atomic E-state index is -0.0275. The fraction of sp³-hybridized carbons (Fsp3) is 0.733. The molecule has 0 aromatic carbocycles. The molecule has 5 nitrogen and oxygen atoms in total. The summed E-state index contributed by atoms with van der Waals surface area (Å²) in [5, 5.41) is 7.83. The molecule has 3 rings (SSSR count). The van der Waals surface area contributed by atoms with Crippen LogP contribution in [0.2, 0.25) is 0 Å². The zero-order valence-electron chi connectivity index (χ0n) is 12.9. The van der Waals surface area contributed by atoms with Crippen molar-refractivity contribution in [1.82, 2.24) is 15.1 Å². The average molecular weight is 355 g/mol. The molecular formula is C15H23BrN4O. The predicted molar refractivity (Wildman–Crippen MR) is 87.8 cm³/mol. The van der Waals surface area contributed by atoms with Gasteiger partial charge in [-0.25, -0.2) is 4.68 Å². The number of halogens is 1. The molecule has 2 fully saturated rings. The first-order chi connectivity index (χ1) is 9.96. The highest BCUT2D eigenvalue weighted by Crippen LogP contribution is 2.44. The summed E-state index contributed by atoms with van der Waals surface area (Å²) in [6.07, 6.45) is 2.75. The Kier molecular flexibility index (Phi) is 3.86. The zero-order chi connectivity index (χ0) is 15.2. The molecular weight excluding hydrogens is 332 g/mol. The molecule has 0 saturated carbocycles. The van der Waals surface area contributed by atoms with E-state index in [1.54, 1.807) is 4.68 Å². The molecule has 1 aromatic rings. The van der Waals surface area contributed by atoms with Crippen LogP contribution < -0.4 is 15.8 Å². The Hall–Kier alpha value is -0.880. The minimum Gasteiger partial charge on any atom is -0.363 e. The Morgan fingerprint density at radius 3 is 2.90 bits per heavy atom. The summed E-state index contributed by atoms with van der Waals surface area (Å²) in [6, 6.07) is 0. The SMILES string of the molecule is CCCn1ncc(N2CC3CNCC3C2(C)C)c(Br)c1=O. The number of fused-ring (bicyclic) bond motifs is 1. The lowest BCUT2D eigenvalue weighted by molar-refractivity contribution is 0.356. The maximum absolute atomic E-state index is 12.4. The molecule has 21 heavy (non-hydrogen) atoms. The third kappa shape index (κ3) is 2.32. The van der Waals surface area contributed by atoms with Crippen molar-refractivity contribution >= 4 is 21.6 Å². The van der Waals surface area contributed by atoms with Crippen LogP contribution in [0.4, 0.5) is 5.69 Å². The molecule has 0 radical (unpaired) electrons. The van der Waals surface area contributed by atoms with Crippen molar-refractivity contribution in [3.63, 3.8) is 0 Å². The van der Waals surface area contributed by atoms with Gasteiger partial charge in [0.15, 0.2) is 0 Å². The van der Waals surface area contributed by atoms with E-state index in [0.717, 1.165) is 31.7 Å². The van der Waals surface area contributed by atoms with Crippen LogP contribution in [0.15, 0.2) is 15.5 Å². The van der Waals surface area contributed by atoms with Gasteiger partial charge >= 0.3 is 0 Å². The van der Waals surface area contributed by atoms with Gasteiger partial charge in [0.1, 0.15) is 4.47 Å². The Labute approximate surface area is 133 Å². The second-order valence-corrected chi connectivity index (χ2v) is 7.45. The first-order valence-corrected chi connectivity index (χ1v) is 8.50. The van der Waals surface area contributed by atoms with E-state index < -0.39 is 0 Å². The standard InChI is InChI=1S/C15H23BrN4O/c1-4-5-20-14(21)13(16)12(8-18-20)19-9-10-6-17-7-11(10)15(19,2)3/h8,10-11,17H,4-7,9H2,1-3H3. The molecule has 2 aliphatic heterocycles. The Morgan fingerprint density at radius 2 is 2.24 bits per heavy atom. The van der Waals surface area contributed by atoms with Gasteiger partial charge in [-0.1, -0.05) is 6.92 Å². The Bertz CT molecular complexity index is 598. The first-order valence-electron chi connectivity index (χ1n) is 7.70. The van der Waals surface area contributed by atoms with Crippen LogP contribution in [0.5, 0.6) is 0 Å². The highest BCUT2D eigenvalue weighted by molar-refractivity contribution is 9.10. The lowest BCUT2D eigenvalue weighted by Gasteiger charge is -2.37. The van der Waals surface area contributed by atoms with Crippen molar-refractivity contribution < 1.29 is 0 Å². The first kappa shape index (κ1) is 15.0. The van der Waals surface area contributed by atoms with E-state index in [9.17, 15) is 4.79 Å². The van der Waals surface area contributed by atoms with E-state index in [1.807, 2.05) is 13.1 Å². The molecule has 0 amide bonds. The fourth-order valence-electron chi connectivity index (χ4n) is 3.85. The maximum Gasteiger partial charge on any atom is 0.283 e. The zero-order valence-corrected chi connectivity index (χ0v) is 14.5. The van der Waals surface area contributed by atoms with Gasteiger partial charge in [-0.05, 0) is 48.0 Å². The summed E-state index contributed by atoms with van der Waals surface area (Å²) in [5.41, 5.74) is 0.953. The van der Waals surface area contributed by atoms with Gasteiger partial charge in [-0.3, -0.25) is 4.79 Å². The van der Waals surface area contributed by atoms with E-state index in [0.29, 0.717) is 22.9 Å². The molecule has 0 bridgehead atoms. The van der Waals surface area contributed by atoms with Crippen LogP contribution in [0.25, 0.3) is 0 Å². The Balaban J connectivity index is 1.98. The summed E-state index contributed by atoms with van der Waals surface area (Å²) < 4.78 is 2.19. The summed E-state index contributed by atoms with van der Waals surface area (Å²) in [7, 11) is 0. The summed E-state index contributed by atoms with van der Waals surface area (Å²) in [5.74, 6) is 1.28. The molecule has 116 valence electrons. The van der Waals surface area contributed by atoms with Crippen molar-refractivity contribution in [2.45, 2.75) is 39.3 Å². The predicted octanol–water partition coefficient (Wildman–Crippen LogP) is 1.85. The number of nitrogens with one attached hydrogen (secondary N) is 1. The molecule has 1 N–H and O–H groups in total. The fourth-order valence-corrected chi connectivity index (χ4v) is 4.37. The smallest absolute Gasteiger partial charge is 0.283 e. The van der Waals surface area contributed by atoms with E-state index in [2.05, 4.69) is 45.1 Å². The number of hydrogen-bond donors (Lipinski definition) is 1. The molecule has 1 aromatic heterocycles. The van der Waals surface area contributed by atoms with Gasteiger partial charge in [-0.2, -0.15) is 5.10 Å². The lowest BCUT2D eigenvalue weighted by atomic mass is 9.85. The van der Waals surface area contributed by atoms with Crippen molar-refractivity contribution in [2.24, 2.45) is 11.8 Å². The van der Waals surface area contributed by atoms with Crippen LogP contribution in [0.1, 0.15) is 27.2 Å². The minimum absolute atomic E-state index is 0.0275. The van der Waals surface area contributed by atoms with Crippen LogP contribution in [-0.2, 0) is 6.54 Å². The molecule has 0 spiro atoms. The number of rotatable bonds is 3. The van der Waals surface area contributed by atoms with E-state index in [4.69, 9.17) is 0 Å². The molecule has 2 saturated heterocycles. The van der Waals surface area contributed by atoms with Gasteiger partial charge < -0.3 is 10.2 Å². The van der Waals surface area contributed by atoms with Crippen molar-refractivity contribution in [2.75, 3.05) is 24.5 Å². The molecule has 6 heteroatoms. The summed E-state index contributed by atoms with van der Waals surface area (Å²) in [4.78, 5) is 14.8. The topological polar surface area (TPSA) is 50.2 Å². The van der Waals surface area contributed by atoms with Crippen LogP contribution in [0, 0.1) is 11.8 Å². The second-order valence-electron chi connectivity index (χ2n) is 6.66. The lowest BCUT2D eigenvalue weighted by Crippen LogP contribution is -2.45. The molecule has 0 aliphatic carbocycles. The second kappa shape index (κ2) is 5.39. The van der Waals surface area contributed by atoms with Crippen molar-refractivity contribution in [3.8, 4) is 0 Å². The third-order valence-electron chi connectivity index (χ3n) is 5.05. The van der Waals surface area contributed by atoms with Gasteiger partial charge in [-0.15, -0.1) is 0 Å². The molecule has 2 atom stereocenters. The normalized spacial score (nSPS) is 27.1. The van der Waals surface area contributed by atoms with Crippen LogP contribution in [0.3, 0.4) is 0 Å². The quantitative estimate of drug-likeness (QED) is 0.899. The average Bonchev–Trinajstić information content (AvgIpc) is 2.99. The maximum atomic E-state index is 12.4. The van der Waals surface area contributed by atoms with E-state index in [-0.39, 0.29) is 11.1 Å². The van der Waals surface area contributed by atoms with Gasteiger partial charge in [0.05, 0.1) is 11.9 Å². The number of anilines is 1. The van der Waals surface area contributed by atoms with Gasteiger partial charge in [0.2, 0.25) is 0 Å². The monoisotopic (exact) mass is 354 g/mol. The molecule has 2 unspecified atom stereocenters. The number of hydrogen-bond acceptors (Lipinski definition) is 4. The van der Waals surface area contributed by atoms with Crippen LogP contribution in [-0.4, -0.2) is 35.0 Å². The van der Waals surface area contributed by atoms with Crippen molar-refractivity contribution in [3.05, 3.63) is 21.0 Å². The third-order valence-corrected chi connectivity index (χ3v) is 5.80. The van der Waals surface area contributed by atoms with E-state index >= 15 is 0 Å². The van der Waals surface area contributed by atoms with Gasteiger partial charge in [0.25, 0.3) is 5.56 Å². The number of nitrogens with zero attached hydrogens (tertiary/aromatic N) is 3. The molecule has 3 heterocycles.